The number of likely N-dealkylation sites (tertiary alicyclic amines) is 2. The lowest BCUT2D eigenvalue weighted by atomic mass is 9.84. The first-order chi connectivity index (χ1) is 17.7. The number of carbonyl (C=O) groups excluding carboxylic acids is 2. The van der Waals surface area contributed by atoms with E-state index in [1.807, 2.05) is 0 Å². The van der Waals surface area contributed by atoms with Gasteiger partial charge in [0.05, 0.1) is 29.3 Å². The summed E-state index contributed by atoms with van der Waals surface area (Å²) in [6, 6.07) is 9.75. The highest BCUT2D eigenvalue weighted by atomic mass is 35.5. The highest BCUT2D eigenvalue weighted by Crippen LogP contribution is 2.37. The molecule has 2 fully saturated rings. The van der Waals surface area contributed by atoms with E-state index in [2.05, 4.69) is 0 Å². The summed E-state index contributed by atoms with van der Waals surface area (Å²) in [4.78, 5) is 27.4. The predicted octanol–water partition coefficient (Wildman–Crippen LogP) is 4.64. The number of ether oxygens (including phenoxy) is 1. The lowest BCUT2D eigenvalue weighted by Gasteiger charge is -2.42. The Hall–Kier alpha value is -2.83. The Bertz CT molecular complexity index is 1180. The fourth-order valence-corrected chi connectivity index (χ4v) is 5.08. The number of benzene rings is 2. The van der Waals surface area contributed by atoms with E-state index >= 15 is 0 Å². The number of nitrogens with zero attached hydrogens (tertiary/aromatic N) is 2. The van der Waals surface area contributed by atoms with E-state index in [4.69, 9.17) is 16.3 Å². The quantitative estimate of drug-likeness (QED) is 0.433. The molecule has 1 N–H and O–H groups in total. The first-order valence-corrected chi connectivity index (χ1v) is 12.0. The number of piperidine rings is 1. The van der Waals surface area contributed by atoms with Crippen LogP contribution in [0, 0.1) is 0 Å². The van der Waals surface area contributed by atoms with Crippen LogP contribution in [0.5, 0.6) is 0 Å². The number of aliphatic hydroxyl groups is 1. The van der Waals surface area contributed by atoms with Crippen molar-refractivity contribution in [3.8, 4) is 0 Å². The molecule has 6 nitrogen and oxygen atoms in total. The molecule has 0 radical (unpaired) electrons. The van der Waals surface area contributed by atoms with Crippen molar-refractivity contribution in [1.29, 1.82) is 0 Å². The minimum atomic E-state index is -5.29. The van der Waals surface area contributed by atoms with Gasteiger partial charge >= 0.3 is 18.3 Å². The number of amides is 1. The van der Waals surface area contributed by atoms with Gasteiger partial charge in [0.15, 0.2) is 0 Å². The van der Waals surface area contributed by atoms with Gasteiger partial charge in [0.2, 0.25) is 0 Å². The molecule has 1 amide bonds. The smallest absolute Gasteiger partial charge is 0.452 e. The molecule has 13 heteroatoms. The van der Waals surface area contributed by atoms with Crippen LogP contribution in [-0.4, -0.2) is 71.3 Å². The fourth-order valence-electron chi connectivity index (χ4n) is 4.95. The van der Waals surface area contributed by atoms with E-state index in [9.17, 15) is 41.0 Å². The molecule has 2 atom stereocenters. The van der Waals surface area contributed by atoms with Gasteiger partial charge in [0.1, 0.15) is 6.10 Å². The summed E-state index contributed by atoms with van der Waals surface area (Å²) in [6.45, 7) is -0.439. The van der Waals surface area contributed by atoms with Crippen LogP contribution in [0.1, 0.15) is 34.3 Å². The Morgan fingerprint density at radius 2 is 1.55 bits per heavy atom. The average molecular weight is 565 g/mol. The highest BCUT2D eigenvalue weighted by molar-refractivity contribution is 6.30. The van der Waals surface area contributed by atoms with Crippen LogP contribution in [0.25, 0.3) is 0 Å². The zero-order valence-corrected chi connectivity index (χ0v) is 20.5. The van der Waals surface area contributed by atoms with Gasteiger partial charge in [-0.05, 0) is 42.7 Å². The zero-order chi connectivity index (χ0) is 27.9. The summed E-state index contributed by atoms with van der Waals surface area (Å²) in [5.74, 6) is -3.49. The molecule has 2 unspecified atom stereocenters. The Labute approximate surface area is 218 Å². The number of halogens is 7. The highest BCUT2D eigenvalue weighted by Gasteiger charge is 2.49. The van der Waals surface area contributed by atoms with Crippen molar-refractivity contribution in [3.63, 3.8) is 0 Å². The van der Waals surface area contributed by atoms with E-state index in [1.165, 1.54) is 6.07 Å². The Balaban J connectivity index is 1.55. The van der Waals surface area contributed by atoms with Crippen LogP contribution in [0.15, 0.2) is 48.5 Å². The summed E-state index contributed by atoms with van der Waals surface area (Å²) >= 11 is 5.91. The second-order valence-electron chi connectivity index (χ2n) is 9.34. The largest absolute Gasteiger partial charge is 0.490 e. The first-order valence-electron chi connectivity index (χ1n) is 11.6. The molecule has 2 aromatic rings. The van der Waals surface area contributed by atoms with E-state index in [1.54, 1.807) is 29.2 Å². The topological polar surface area (TPSA) is 70.1 Å². The third-order valence-electron chi connectivity index (χ3n) is 6.95. The minimum Gasteiger partial charge on any atom is -0.452 e. The van der Waals surface area contributed by atoms with Crippen LogP contribution >= 0.6 is 11.6 Å². The van der Waals surface area contributed by atoms with E-state index < -0.39 is 59.6 Å². The Kier molecular flexibility index (Phi) is 7.70. The van der Waals surface area contributed by atoms with Crippen molar-refractivity contribution in [1.82, 2.24) is 9.80 Å². The van der Waals surface area contributed by atoms with Gasteiger partial charge in [-0.25, -0.2) is 4.79 Å². The van der Waals surface area contributed by atoms with Gasteiger partial charge in [-0.1, -0.05) is 35.9 Å². The Morgan fingerprint density at radius 1 is 0.947 bits per heavy atom. The monoisotopic (exact) mass is 564 g/mol. The lowest BCUT2D eigenvalue weighted by molar-refractivity contribution is -0.206. The van der Waals surface area contributed by atoms with Crippen molar-refractivity contribution < 1.29 is 45.8 Å². The first kappa shape index (κ1) is 28.2. The molecular weight excluding hydrogens is 542 g/mol. The van der Waals surface area contributed by atoms with Crippen LogP contribution < -0.4 is 0 Å². The maximum absolute atomic E-state index is 13.5. The van der Waals surface area contributed by atoms with E-state index in [-0.39, 0.29) is 32.5 Å². The van der Waals surface area contributed by atoms with Crippen LogP contribution in [0.4, 0.5) is 26.3 Å². The number of rotatable bonds is 4. The normalized spacial score (nSPS) is 22.4. The summed E-state index contributed by atoms with van der Waals surface area (Å²) in [5.41, 5.74) is -2.46. The number of esters is 1. The lowest BCUT2D eigenvalue weighted by Crippen LogP contribution is -2.52. The van der Waals surface area contributed by atoms with E-state index in [0.717, 1.165) is 23.1 Å². The summed E-state index contributed by atoms with van der Waals surface area (Å²) in [6.07, 6.45) is -11.2. The molecule has 0 aliphatic carbocycles. The number of alkyl halides is 6. The number of hydrogen-bond acceptors (Lipinski definition) is 5. The van der Waals surface area contributed by atoms with Crippen molar-refractivity contribution in [3.05, 3.63) is 70.2 Å². The molecule has 2 saturated heterocycles. The molecular formula is C25H23ClF6N2O4. The molecule has 0 bridgehead atoms. The van der Waals surface area contributed by atoms with Gasteiger partial charge in [0.25, 0.3) is 5.91 Å². The molecule has 2 heterocycles. The molecule has 0 aromatic heterocycles. The summed E-state index contributed by atoms with van der Waals surface area (Å²) in [7, 11) is 0. The van der Waals surface area contributed by atoms with Crippen molar-refractivity contribution in [2.75, 3.05) is 26.2 Å². The molecule has 2 aliphatic heterocycles. The fraction of sp³-hybridized carbons (Fsp3) is 0.440. The third kappa shape index (κ3) is 5.92. The summed E-state index contributed by atoms with van der Waals surface area (Å²) < 4.78 is 84.0. The molecule has 206 valence electrons. The van der Waals surface area contributed by atoms with Crippen molar-refractivity contribution >= 4 is 23.5 Å². The molecule has 38 heavy (non-hydrogen) atoms. The maximum Gasteiger partial charge on any atom is 0.490 e. The molecule has 4 rings (SSSR count). The van der Waals surface area contributed by atoms with Gasteiger partial charge in [-0.15, -0.1) is 0 Å². The predicted molar refractivity (Wildman–Crippen MR) is 123 cm³/mol. The average Bonchev–Trinajstić information content (AvgIpc) is 3.27. The standard InChI is InChI=1S/C25H23ClF6N2O4/c26-16-7-5-15(6-8-16)23(37)9-11-33(12-10-23)19-13-34(14-20(19)38-22(36)25(30,31)32)21(35)17-3-1-2-4-18(17)24(27,28)29/h1-8,19-20,37H,9-14H2. The number of hydrogen-bond donors (Lipinski definition) is 1. The summed E-state index contributed by atoms with van der Waals surface area (Å²) in [5, 5.41) is 11.6. The minimum absolute atomic E-state index is 0.172. The molecule has 0 spiro atoms. The maximum atomic E-state index is 13.5. The second kappa shape index (κ2) is 10.4. The molecule has 2 aliphatic rings. The molecule has 2 aromatic carbocycles. The zero-order valence-electron chi connectivity index (χ0n) is 19.7. The molecule has 0 saturated carbocycles. The van der Waals surface area contributed by atoms with Crippen LogP contribution in [-0.2, 0) is 21.3 Å². The van der Waals surface area contributed by atoms with Crippen LogP contribution in [0.3, 0.4) is 0 Å². The van der Waals surface area contributed by atoms with Gasteiger partial charge < -0.3 is 14.7 Å². The van der Waals surface area contributed by atoms with Crippen LogP contribution in [0.2, 0.25) is 5.02 Å². The van der Waals surface area contributed by atoms with Gasteiger partial charge in [0, 0.05) is 24.7 Å². The number of carbonyl (C=O) groups is 2. The SMILES string of the molecule is O=C(c1ccccc1C(F)(F)F)N1CC(OC(=O)C(F)(F)F)C(N2CCC(O)(c3ccc(Cl)cc3)CC2)C1. The third-order valence-corrected chi connectivity index (χ3v) is 7.20. The Morgan fingerprint density at radius 3 is 2.13 bits per heavy atom. The van der Waals surface area contributed by atoms with Crippen molar-refractivity contribution in [2.45, 2.75) is 42.9 Å². The second-order valence-corrected chi connectivity index (χ2v) is 9.77. The van der Waals surface area contributed by atoms with Gasteiger partial charge in [-0.2, -0.15) is 26.3 Å². The van der Waals surface area contributed by atoms with Gasteiger partial charge in [-0.3, -0.25) is 9.69 Å². The van der Waals surface area contributed by atoms with E-state index in [0.29, 0.717) is 10.6 Å². The van der Waals surface area contributed by atoms with Crippen molar-refractivity contribution in [2.24, 2.45) is 0 Å².